The van der Waals surface area contributed by atoms with Gasteiger partial charge in [0, 0.05) is 17.7 Å². The predicted molar refractivity (Wildman–Crippen MR) is 61.5 cm³/mol. The molecular formula is C12H15NO4. The van der Waals surface area contributed by atoms with E-state index < -0.39 is 11.9 Å². The highest BCUT2D eigenvalue weighted by molar-refractivity contribution is 5.80. The van der Waals surface area contributed by atoms with E-state index in [0.717, 1.165) is 5.56 Å². The second-order valence-electron chi connectivity index (χ2n) is 4.07. The fourth-order valence-electron chi connectivity index (χ4n) is 2.31. The molecular weight excluding hydrogens is 222 g/mol. The van der Waals surface area contributed by atoms with Crippen LogP contribution in [0.2, 0.25) is 0 Å². The van der Waals surface area contributed by atoms with Crippen LogP contribution in [0, 0.1) is 0 Å². The fraction of sp³-hybridized carbons (Fsp3) is 0.417. The van der Waals surface area contributed by atoms with Gasteiger partial charge in [-0.2, -0.15) is 0 Å². The Labute approximate surface area is 99.1 Å². The number of hydrogen-bond acceptors (Lipinski definition) is 4. The van der Waals surface area contributed by atoms with Crippen molar-refractivity contribution in [3.8, 4) is 11.5 Å². The maximum atomic E-state index is 11.2. The van der Waals surface area contributed by atoms with E-state index in [4.69, 9.17) is 15.2 Å². The molecule has 1 aliphatic rings. The molecule has 3 N–H and O–H groups in total. The number of methoxy groups -OCH3 is 2. The minimum Gasteiger partial charge on any atom is -0.497 e. The van der Waals surface area contributed by atoms with Crippen molar-refractivity contribution in [2.24, 2.45) is 5.73 Å². The van der Waals surface area contributed by atoms with Crippen LogP contribution in [0.1, 0.15) is 29.5 Å². The summed E-state index contributed by atoms with van der Waals surface area (Å²) in [5, 5.41) is 9.18. The topological polar surface area (TPSA) is 81.8 Å². The Morgan fingerprint density at radius 3 is 2.65 bits per heavy atom. The summed E-state index contributed by atoms with van der Waals surface area (Å²) in [5.41, 5.74) is 7.42. The van der Waals surface area contributed by atoms with Crippen molar-refractivity contribution in [1.29, 1.82) is 0 Å². The molecule has 0 fully saturated rings. The molecule has 0 heterocycles. The number of fused-ring (bicyclic) bond motifs is 1. The minimum atomic E-state index is -0.873. The Bertz CT molecular complexity index is 458. The zero-order chi connectivity index (χ0) is 12.6. The number of carboxylic acid groups (broad SMARTS) is 1. The number of carboxylic acids is 1. The standard InChI is InChI=1S/C12H15NO4/c1-16-6-3-7-9(13)5-8(12(14)15)11(7)10(4-6)17-2/h3-4,8-9H,5,13H2,1-2H3,(H,14,15). The Morgan fingerprint density at radius 2 is 2.12 bits per heavy atom. The highest BCUT2D eigenvalue weighted by Gasteiger charge is 2.36. The van der Waals surface area contributed by atoms with Gasteiger partial charge in [-0.15, -0.1) is 0 Å². The molecule has 1 aromatic rings. The predicted octanol–water partition coefficient (Wildman–Crippen LogP) is 1.28. The van der Waals surface area contributed by atoms with E-state index in [-0.39, 0.29) is 6.04 Å². The molecule has 0 radical (unpaired) electrons. The molecule has 0 saturated carbocycles. The van der Waals surface area contributed by atoms with Crippen LogP contribution in [0.3, 0.4) is 0 Å². The van der Waals surface area contributed by atoms with Gasteiger partial charge in [0.2, 0.25) is 0 Å². The van der Waals surface area contributed by atoms with Crippen molar-refractivity contribution >= 4 is 5.97 Å². The SMILES string of the molecule is COc1cc(OC)c2c(c1)C(N)CC2C(=O)O. The number of ether oxygens (including phenoxy) is 2. The summed E-state index contributed by atoms with van der Waals surface area (Å²) >= 11 is 0. The largest absolute Gasteiger partial charge is 0.497 e. The van der Waals surface area contributed by atoms with Gasteiger partial charge in [0.25, 0.3) is 0 Å². The van der Waals surface area contributed by atoms with E-state index in [0.29, 0.717) is 23.5 Å². The molecule has 0 bridgehead atoms. The van der Waals surface area contributed by atoms with Gasteiger partial charge in [0.15, 0.2) is 0 Å². The molecule has 0 amide bonds. The lowest BCUT2D eigenvalue weighted by Gasteiger charge is -2.13. The Balaban J connectivity index is 2.59. The van der Waals surface area contributed by atoms with Gasteiger partial charge in [-0.3, -0.25) is 4.79 Å². The molecule has 0 aliphatic heterocycles. The van der Waals surface area contributed by atoms with Crippen molar-refractivity contribution in [3.05, 3.63) is 23.3 Å². The van der Waals surface area contributed by atoms with E-state index in [1.54, 1.807) is 19.2 Å². The summed E-state index contributed by atoms with van der Waals surface area (Å²) in [7, 11) is 3.06. The van der Waals surface area contributed by atoms with Gasteiger partial charge in [0.05, 0.1) is 20.1 Å². The first-order valence-electron chi connectivity index (χ1n) is 5.32. The van der Waals surface area contributed by atoms with Gasteiger partial charge >= 0.3 is 5.97 Å². The van der Waals surface area contributed by atoms with Crippen LogP contribution in [0.25, 0.3) is 0 Å². The van der Waals surface area contributed by atoms with Gasteiger partial charge in [0.1, 0.15) is 11.5 Å². The van der Waals surface area contributed by atoms with Gasteiger partial charge in [-0.05, 0) is 18.1 Å². The van der Waals surface area contributed by atoms with E-state index in [1.165, 1.54) is 7.11 Å². The molecule has 1 aliphatic carbocycles. The summed E-state index contributed by atoms with van der Waals surface area (Å²) in [5.74, 6) is -0.315. The molecule has 2 atom stereocenters. The van der Waals surface area contributed by atoms with Gasteiger partial charge < -0.3 is 20.3 Å². The highest BCUT2D eigenvalue weighted by atomic mass is 16.5. The smallest absolute Gasteiger partial charge is 0.311 e. The minimum absolute atomic E-state index is 0.282. The number of hydrogen-bond donors (Lipinski definition) is 2. The molecule has 17 heavy (non-hydrogen) atoms. The molecule has 5 nitrogen and oxygen atoms in total. The second-order valence-corrected chi connectivity index (χ2v) is 4.07. The van der Waals surface area contributed by atoms with Crippen molar-refractivity contribution in [1.82, 2.24) is 0 Å². The zero-order valence-electron chi connectivity index (χ0n) is 9.77. The molecule has 1 aromatic carbocycles. The van der Waals surface area contributed by atoms with Crippen LogP contribution in [0.5, 0.6) is 11.5 Å². The molecule has 92 valence electrons. The number of aliphatic carboxylic acids is 1. The molecule has 2 unspecified atom stereocenters. The number of benzene rings is 1. The van der Waals surface area contributed by atoms with E-state index >= 15 is 0 Å². The van der Waals surface area contributed by atoms with Crippen molar-refractivity contribution in [2.75, 3.05) is 14.2 Å². The summed E-state index contributed by atoms with van der Waals surface area (Å²) < 4.78 is 10.4. The third kappa shape index (κ3) is 1.82. The molecule has 2 rings (SSSR count). The van der Waals surface area contributed by atoms with Crippen LogP contribution >= 0.6 is 0 Å². The first kappa shape index (κ1) is 11.7. The Morgan fingerprint density at radius 1 is 1.41 bits per heavy atom. The van der Waals surface area contributed by atoms with Crippen LogP contribution in [-0.4, -0.2) is 25.3 Å². The number of nitrogens with two attached hydrogens (primary N) is 1. The van der Waals surface area contributed by atoms with Crippen molar-refractivity contribution < 1.29 is 19.4 Å². The normalized spacial score (nSPS) is 22.1. The van der Waals surface area contributed by atoms with Crippen molar-refractivity contribution in [3.63, 3.8) is 0 Å². The second kappa shape index (κ2) is 4.25. The Kier molecular flexibility index (Phi) is 2.93. The molecule has 0 saturated heterocycles. The lowest BCUT2D eigenvalue weighted by Crippen LogP contribution is -2.10. The molecule has 0 spiro atoms. The summed E-state index contributed by atoms with van der Waals surface area (Å²) in [6.45, 7) is 0. The van der Waals surface area contributed by atoms with Crippen LogP contribution < -0.4 is 15.2 Å². The van der Waals surface area contributed by atoms with Gasteiger partial charge in [-0.25, -0.2) is 0 Å². The number of rotatable bonds is 3. The lowest BCUT2D eigenvalue weighted by atomic mass is 10.0. The average Bonchev–Trinajstić information content (AvgIpc) is 2.66. The first-order chi connectivity index (χ1) is 8.08. The maximum absolute atomic E-state index is 11.2. The molecule has 0 aromatic heterocycles. The maximum Gasteiger partial charge on any atom is 0.311 e. The number of carbonyl (C=O) groups is 1. The van der Waals surface area contributed by atoms with Crippen LogP contribution in [0.15, 0.2) is 12.1 Å². The first-order valence-corrected chi connectivity index (χ1v) is 5.32. The van der Waals surface area contributed by atoms with Crippen molar-refractivity contribution in [2.45, 2.75) is 18.4 Å². The van der Waals surface area contributed by atoms with E-state index in [1.807, 2.05) is 0 Å². The third-order valence-electron chi connectivity index (χ3n) is 3.14. The summed E-state index contributed by atoms with van der Waals surface area (Å²) in [4.78, 5) is 11.2. The Hall–Kier alpha value is -1.75. The highest BCUT2D eigenvalue weighted by Crippen LogP contribution is 2.46. The van der Waals surface area contributed by atoms with E-state index in [9.17, 15) is 9.90 Å². The zero-order valence-corrected chi connectivity index (χ0v) is 9.77. The van der Waals surface area contributed by atoms with Gasteiger partial charge in [-0.1, -0.05) is 0 Å². The monoisotopic (exact) mass is 237 g/mol. The fourth-order valence-corrected chi connectivity index (χ4v) is 2.31. The third-order valence-corrected chi connectivity index (χ3v) is 3.14. The quantitative estimate of drug-likeness (QED) is 0.827. The lowest BCUT2D eigenvalue weighted by molar-refractivity contribution is -0.138. The molecule has 5 heteroatoms. The van der Waals surface area contributed by atoms with Crippen LogP contribution in [0.4, 0.5) is 0 Å². The van der Waals surface area contributed by atoms with Crippen LogP contribution in [-0.2, 0) is 4.79 Å². The summed E-state index contributed by atoms with van der Waals surface area (Å²) in [6.07, 6.45) is 0.397. The average molecular weight is 237 g/mol. The van der Waals surface area contributed by atoms with E-state index in [2.05, 4.69) is 0 Å². The summed E-state index contributed by atoms with van der Waals surface area (Å²) in [6, 6.07) is 3.19.